The number of aromatic nitrogens is 4. The van der Waals surface area contributed by atoms with Crippen LogP contribution in [-0.2, 0) is 12.3 Å². The summed E-state index contributed by atoms with van der Waals surface area (Å²) in [5.41, 5.74) is 1.53. The second-order valence-corrected chi connectivity index (χ2v) is 8.76. The minimum Gasteiger partial charge on any atom is -0.287 e. The van der Waals surface area contributed by atoms with Crippen molar-refractivity contribution in [3.63, 3.8) is 0 Å². The van der Waals surface area contributed by atoms with Gasteiger partial charge in [-0.05, 0) is 36.8 Å². The minimum atomic E-state index is -0.199. The van der Waals surface area contributed by atoms with Crippen LogP contribution in [0.15, 0.2) is 61.8 Å². The van der Waals surface area contributed by atoms with Crippen LogP contribution < -0.4 is 11.1 Å². The molecule has 0 amide bonds. The molecule has 0 bridgehead atoms. The first-order valence-electron chi connectivity index (χ1n) is 8.97. The zero-order valence-corrected chi connectivity index (χ0v) is 18.6. The Morgan fingerprint density at radius 2 is 1.97 bits per heavy atom. The van der Waals surface area contributed by atoms with Crippen molar-refractivity contribution in [3.8, 4) is 0 Å². The van der Waals surface area contributed by atoms with Gasteiger partial charge in [-0.1, -0.05) is 46.2 Å². The molecule has 148 valence electrons. The number of rotatable bonds is 5. The van der Waals surface area contributed by atoms with Gasteiger partial charge in [0.1, 0.15) is 5.65 Å². The van der Waals surface area contributed by atoms with Crippen LogP contribution in [0.25, 0.3) is 16.6 Å². The average Bonchev–Trinajstić information content (AvgIpc) is 2.70. The molecule has 0 radical (unpaired) electrons. The highest BCUT2D eigenvalue weighted by Gasteiger charge is 2.13. The van der Waals surface area contributed by atoms with Gasteiger partial charge in [0.05, 0.1) is 21.6 Å². The maximum atomic E-state index is 13.0. The van der Waals surface area contributed by atoms with Gasteiger partial charge in [0.2, 0.25) is 0 Å². The Balaban J connectivity index is 1.72. The van der Waals surface area contributed by atoms with E-state index in [0.29, 0.717) is 44.7 Å². The molecule has 0 saturated carbocycles. The molecule has 4 rings (SSSR count). The van der Waals surface area contributed by atoms with E-state index in [1.54, 1.807) is 29.0 Å². The summed E-state index contributed by atoms with van der Waals surface area (Å²) in [6.45, 7) is 2.59. The fraction of sp³-hybridized carbons (Fsp3) is 0.200. The number of hydrogen-bond acceptors (Lipinski definition) is 5. The summed E-state index contributed by atoms with van der Waals surface area (Å²) in [7, 11) is 0. The van der Waals surface area contributed by atoms with E-state index in [1.807, 2.05) is 19.1 Å². The van der Waals surface area contributed by atoms with Gasteiger partial charge >= 0.3 is 0 Å². The van der Waals surface area contributed by atoms with Crippen molar-refractivity contribution in [2.24, 2.45) is 0 Å². The van der Waals surface area contributed by atoms with Gasteiger partial charge in [-0.25, -0.2) is 9.97 Å². The molecule has 0 spiro atoms. The van der Waals surface area contributed by atoms with Crippen molar-refractivity contribution in [1.29, 1.82) is 0 Å². The van der Waals surface area contributed by atoms with Crippen LogP contribution in [0.5, 0.6) is 0 Å². The van der Waals surface area contributed by atoms with E-state index in [0.717, 1.165) is 10.9 Å². The minimum absolute atomic E-state index is 0.0677. The summed E-state index contributed by atoms with van der Waals surface area (Å²) in [6.07, 6.45) is 2.36. The van der Waals surface area contributed by atoms with Crippen molar-refractivity contribution in [3.05, 3.63) is 78.5 Å². The van der Waals surface area contributed by atoms with Gasteiger partial charge in [0.15, 0.2) is 5.16 Å². The summed E-state index contributed by atoms with van der Waals surface area (Å²) in [5, 5.41) is 1.67. The number of halogens is 2. The number of benzene rings is 1. The lowest BCUT2D eigenvalue weighted by molar-refractivity contribution is 0.584. The summed E-state index contributed by atoms with van der Waals surface area (Å²) in [5.74, 6) is 0.423. The number of hydrogen-bond donors (Lipinski definition) is 0. The molecule has 0 aliphatic heterocycles. The summed E-state index contributed by atoms with van der Waals surface area (Å²) < 4.78 is 3.94. The van der Waals surface area contributed by atoms with Gasteiger partial charge in [-0.2, -0.15) is 0 Å². The topological polar surface area (TPSA) is 69.3 Å². The molecule has 4 aromatic rings. The lowest BCUT2D eigenvalue weighted by Crippen LogP contribution is -2.23. The first kappa shape index (κ1) is 20.1. The van der Waals surface area contributed by atoms with Crippen LogP contribution in [0, 0.1) is 0 Å². The van der Waals surface area contributed by atoms with Crippen LogP contribution in [-0.4, -0.2) is 18.9 Å². The van der Waals surface area contributed by atoms with Crippen molar-refractivity contribution < 1.29 is 0 Å². The highest BCUT2D eigenvalue weighted by molar-refractivity contribution is 9.10. The highest BCUT2D eigenvalue weighted by atomic mass is 79.9. The van der Waals surface area contributed by atoms with E-state index in [1.165, 1.54) is 22.2 Å². The normalized spacial score (nSPS) is 11.4. The third kappa shape index (κ3) is 4.10. The van der Waals surface area contributed by atoms with Gasteiger partial charge in [0, 0.05) is 29.0 Å². The maximum absolute atomic E-state index is 13.0. The Bertz CT molecular complexity index is 1350. The Labute approximate surface area is 183 Å². The molecule has 29 heavy (non-hydrogen) atoms. The van der Waals surface area contributed by atoms with Crippen molar-refractivity contribution >= 4 is 55.8 Å². The van der Waals surface area contributed by atoms with E-state index >= 15 is 0 Å². The van der Waals surface area contributed by atoms with Crippen molar-refractivity contribution in [2.45, 2.75) is 30.8 Å². The maximum Gasteiger partial charge on any atom is 0.262 e. The predicted octanol–water partition coefficient (Wildman–Crippen LogP) is 4.52. The molecule has 3 heterocycles. The van der Waals surface area contributed by atoms with Crippen LogP contribution in [0.2, 0.25) is 5.02 Å². The van der Waals surface area contributed by atoms with E-state index < -0.39 is 0 Å². The summed E-state index contributed by atoms with van der Waals surface area (Å²) >= 11 is 10.8. The SMILES string of the molecule is CCCn1c(SCc2cc(=O)n3cc(Cl)ccc3n2)nc2ccc(Br)cc2c1=O. The molecule has 0 atom stereocenters. The molecule has 9 heteroatoms. The first-order valence-corrected chi connectivity index (χ1v) is 11.1. The smallest absolute Gasteiger partial charge is 0.262 e. The zero-order valence-electron chi connectivity index (χ0n) is 15.4. The lowest BCUT2D eigenvalue weighted by atomic mass is 10.2. The third-order valence-corrected chi connectivity index (χ3v) is 6.08. The van der Waals surface area contributed by atoms with Gasteiger partial charge in [0.25, 0.3) is 11.1 Å². The van der Waals surface area contributed by atoms with E-state index in [9.17, 15) is 9.59 Å². The van der Waals surface area contributed by atoms with Crippen LogP contribution in [0.1, 0.15) is 19.0 Å². The second kappa shape index (κ2) is 8.30. The molecule has 0 aliphatic rings. The largest absolute Gasteiger partial charge is 0.287 e. The van der Waals surface area contributed by atoms with Gasteiger partial charge in [-0.15, -0.1) is 0 Å². The van der Waals surface area contributed by atoms with Crippen LogP contribution in [0.3, 0.4) is 0 Å². The second-order valence-electron chi connectivity index (χ2n) is 6.46. The Morgan fingerprint density at radius 1 is 1.14 bits per heavy atom. The summed E-state index contributed by atoms with van der Waals surface area (Å²) in [4.78, 5) is 34.6. The van der Waals surface area contributed by atoms with E-state index in [4.69, 9.17) is 11.6 Å². The fourth-order valence-corrected chi connectivity index (χ4v) is 4.48. The van der Waals surface area contributed by atoms with Crippen LogP contribution >= 0.6 is 39.3 Å². The van der Waals surface area contributed by atoms with Crippen LogP contribution in [0.4, 0.5) is 0 Å². The Morgan fingerprint density at radius 3 is 2.76 bits per heavy atom. The number of fused-ring (bicyclic) bond motifs is 2. The predicted molar refractivity (Wildman–Crippen MR) is 120 cm³/mol. The molecule has 0 N–H and O–H groups in total. The molecule has 0 fully saturated rings. The first-order chi connectivity index (χ1) is 14.0. The lowest BCUT2D eigenvalue weighted by Gasteiger charge is -2.12. The molecular formula is C20H16BrClN4O2S. The molecule has 6 nitrogen and oxygen atoms in total. The number of nitrogens with zero attached hydrogens (tertiary/aromatic N) is 4. The fourth-order valence-electron chi connectivity index (χ4n) is 3.04. The summed E-state index contributed by atoms with van der Waals surface area (Å²) in [6, 6.07) is 10.4. The van der Waals surface area contributed by atoms with Gasteiger partial charge in [-0.3, -0.25) is 18.6 Å². The Hall–Kier alpha value is -2.16. The van der Waals surface area contributed by atoms with Gasteiger partial charge < -0.3 is 0 Å². The van der Waals surface area contributed by atoms with E-state index in [2.05, 4.69) is 25.9 Å². The Kier molecular flexibility index (Phi) is 5.76. The monoisotopic (exact) mass is 490 g/mol. The standard InChI is InChI=1S/C20H16BrClN4O2S/c1-2-7-25-19(28)15-8-12(21)3-5-16(15)24-20(25)29-11-14-9-18(27)26-10-13(22)4-6-17(26)23-14/h3-6,8-10H,2,7,11H2,1H3. The molecular weight excluding hydrogens is 476 g/mol. The molecule has 0 unspecified atom stereocenters. The quantitative estimate of drug-likeness (QED) is 0.303. The average molecular weight is 492 g/mol. The highest BCUT2D eigenvalue weighted by Crippen LogP contribution is 2.23. The molecule has 0 saturated heterocycles. The molecule has 3 aromatic heterocycles. The zero-order chi connectivity index (χ0) is 20.5. The number of thioether (sulfide) groups is 1. The third-order valence-electron chi connectivity index (χ3n) is 4.35. The van der Waals surface area contributed by atoms with Crippen molar-refractivity contribution in [1.82, 2.24) is 18.9 Å². The molecule has 1 aromatic carbocycles. The van der Waals surface area contributed by atoms with E-state index in [-0.39, 0.29) is 11.1 Å². The molecule has 0 aliphatic carbocycles. The van der Waals surface area contributed by atoms with Crippen molar-refractivity contribution in [2.75, 3.05) is 0 Å². The number of pyridine rings is 1.